The van der Waals surface area contributed by atoms with Crippen molar-refractivity contribution in [3.05, 3.63) is 39.7 Å². The molecule has 0 heterocycles. The van der Waals surface area contributed by atoms with Crippen molar-refractivity contribution < 1.29 is 9.31 Å². The van der Waals surface area contributed by atoms with Gasteiger partial charge in [0.25, 0.3) is 0 Å². The van der Waals surface area contributed by atoms with Gasteiger partial charge in [0.1, 0.15) is 0 Å². The third kappa shape index (κ3) is 3.38. The minimum absolute atomic E-state index is 0.251. The predicted octanol–water partition coefficient (Wildman–Crippen LogP) is 4.39. The molecule has 1 saturated carbocycles. The molecule has 1 aromatic carbocycles. The van der Waals surface area contributed by atoms with Crippen molar-refractivity contribution >= 4 is 5.69 Å². The summed E-state index contributed by atoms with van der Waals surface area (Å²) in [6, 6.07) is 6.33. The lowest BCUT2D eigenvalue weighted by Gasteiger charge is -2.39. The minimum atomic E-state index is -0.832. The Morgan fingerprint density at radius 1 is 1.33 bits per heavy atom. The average molecular weight is 290 g/mol. The first-order valence-corrected chi connectivity index (χ1v) is 7.11. The Balaban J connectivity index is 2.19. The summed E-state index contributed by atoms with van der Waals surface area (Å²) in [5.74, 6) is -0.832. The van der Waals surface area contributed by atoms with Crippen LogP contribution in [0, 0.1) is 38.1 Å². The Morgan fingerprint density at radius 2 is 1.95 bits per heavy atom. The number of nitrogens with zero attached hydrogens (tertiary/aromatic N) is 2. The number of rotatable bonds is 3. The molecule has 0 bridgehead atoms. The Kier molecular flexibility index (Phi) is 3.99. The highest BCUT2D eigenvalue weighted by Crippen LogP contribution is 2.46. The van der Waals surface area contributed by atoms with Crippen LogP contribution in [0.25, 0.3) is 0 Å². The van der Waals surface area contributed by atoms with Crippen LogP contribution >= 0.6 is 0 Å². The van der Waals surface area contributed by atoms with E-state index in [9.17, 15) is 19.8 Å². The standard InChI is InChI=1S/C16H19FN2O2/c1-15(2)5-7-16(11-18,8-6-15)10-12-3-4-14(19(20)21)13(17)9-12/h3-4,9H,5-8,10H2,1-2H3. The number of nitriles is 1. The molecular weight excluding hydrogens is 271 g/mol. The molecule has 5 heteroatoms. The molecule has 1 aromatic rings. The fourth-order valence-corrected chi connectivity index (χ4v) is 2.93. The molecule has 0 N–H and O–H groups in total. The van der Waals surface area contributed by atoms with Crippen LogP contribution in [0.15, 0.2) is 18.2 Å². The fourth-order valence-electron chi connectivity index (χ4n) is 2.93. The third-order valence-corrected chi connectivity index (χ3v) is 4.55. The lowest BCUT2D eigenvalue weighted by Crippen LogP contribution is -2.31. The predicted molar refractivity (Wildman–Crippen MR) is 77.1 cm³/mol. The van der Waals surface area contributed by atoms with Crippen molar-refractivity contribution in [1.29, 1.82) is 5.26 Å². The van der Waals surface area contributed by atoms with E-state index in [1.165, 1.54) is 12.1 Å². The quantitative estimate of drug-likeness (QED) is 0.612. The van der Waals surface area contributed by atoms with Gasteiger partial charge in [0.2, 0.25) is 5.82 Å². The molecule has 4 nitrogen and oxygen atoms in total. The number of nitro groups is 1. The number of nitro benzene ring substituents is 1. The second kappa shape index (κ2) is 5.44. The number of halogens is 1. The molecule has 21 heavy (non-hydrogen) atoms. The van der Waals surface area contributed by atoms with Crippen LogP contribution in [0.4, 0.5) is 10.1 Å². The number of hydrogen-bond acceptors (Lipinski definition) is 3. The molecule has 0 saturated heterocycles. The van der Waals surface area contributed by atoms with E-state index < -0.39 is 21.8 Å². The summed E-state index contributed by atoms with van der Waals surface area (Å²) in [5, 5.41) is 20.2. The molecular formula is C16H19FN2O2. The zero-order chi connectivity index (χ0) is 15.7. The lowest BCUT2D eigenvalue weighted by atomic mass is 9.64. The summed E-state index contributed by atoms with van der Waals surface area (Å²) in [6.45, 7) is 4.39. The van der Waals surface area contributed by atoms with E-state index in [4.69, 9.17) is 0 Å². The van der Waals surface area contributed by atoms with Gasteiger partial charge in [0.15, 0.2) is 0 Å². The summed E-state index contributed by atoms with van der Waals surface area (Å²) >= 11 is 0. The molecule has 1 aliphatic rings. The van der Waals surface area contributed by atoms with Crippen LogP contribution in [0.5, 0.6) is 0 Å². The summed E-state index contributed by atoms with van der Waals surface area (Å²) in [4.78, 5) is 9.89. The highest BCUT2D eigenvalue weighted by molar-refractivity contribution is 5.36. The summed E-state index contributed by atoms with van der Waals surface area (Å²) in [5.41, 5.74) is -0.0898. The Bertz CT molecular complexity index is 595. The monoisotopic (exact) mass is 290 g/mol. The molecule has 1 fully saturated rings. The van der Waals surface area contributed by atoms with Crippen LogP contribution in [0.2, 0.25) is 0 Å². The van der Waals surface area contributed by atoms with Crippen LogP contribution in [0.1, 0.15) is 45.1 Å². The van der Waals surface area contributed by atoms with Gasteiger partial charge in [-0.2, -0.15) is 9.65 Å². The maximum Gasteiger partial charge on any atom is 0.304 e. The largest absolute Gasteiger partial charge is 0.304 e. The van der Waals surface area contributed by atoms with E-state index in [1.807, 2.05) is 0 Å². The zero-order valence-electron chi connectivity index (χ0n) is 12.4. The van der Waals surface area contributed by atoms with Crippen LogP contribution in [-0.2, 0) is 6.42 Å². The van der Waals surface area contributed by atoms with Crippen molar-refractivity contribution in [3.63, 3.8) is 0 Å². The third-order valence-electron chi connectivity index (χ3n) is 4.55. The second-order valence-electron chi connectivity index (χ2n) is 6.78. The van der Waals surface area contributed by atoms with Crippen molar-refractivity contribution in [3.8, 4) is 6.07 Å². The normalized spacial score (nSPS) is 19.7. The molecule has 0 amide bonds. The molecule has 0 aliphatic heterocycles. The summed E-state index contributed by atoms with van der Waals surface area (Å²) in [6.07, 6.45) is 3.96. The van der Waals surface area contributed by atoms with Gasteiger partial charge in [-0.3, -0.25) is 10.1 Å². The molecule has 1 aliphatic carbocycles. The summed E-state index contributed by atoms with van der Waals surface area (Å²) < 4.78 is 13.7. The van der Waals surface area contributed by atoms with Gasteiger partial charge in [-0.1, -0.05) is 19.9 Å². The first-order valence-electron chi connectivity index (χ1n) is 7.11. The first kappa shape index (κ1) is 15.4. The van der Waals surface area contributed by atoms with Crippen LogP contribution in [-0.4, -0.2) is 4.92 Å². The minimum Gasteiger partial charge on any atom is -0.258 e. The van der Waals surface area contributed by atoms with Crippen LogP contribution in [0.3, 0.4) is 0 Å². The van der Waals surface area contributed by atoms with Gasteiger partial charge >= 0.3 is 5.69 Å². The maximum atomic E-state index is 13.7. The van der Waals surface area contributed by atoms with Gasteiger partial charge in [0.05, 0.1) is 16.4 Å². The molecule has 0 radical (unpaired) electrons. The molecule has 0 unspecified atom stereocenters. The van der Waals surface area contributed by atoms with Gasteiger partial charge in [-0.05, 0) is 49.1 Å². The van der Waals surface area contributed by atoms with Gasteiger partial charge in [-0.25, -0.2) is 0 Å². The van der Waals surface area contributed by atoms with Crippen molar-refractivity contribution in [2.45, 2.75) is 46.0 Å². The van der Waals surface area contributed by atoms with Gasteiger partial charge in [-0.15, -0.1) is 0 Å². The number of benzene rings is 1. The van der Waals surface area contributed by atoms with E-state index in [0.29, 0.717) is 12.0 Å². The maximum absolute atomic E-state index is 13.7. The lowest BCUT2D eigenvalue weighted by molar-refractivity contribution is -0.387. The topological polar surface area (TPSA) is 66.9 Å². The number of hydrogen-bond donors (Lipinski definition) is 0. The smallest absolute Gasteiger partial charge is 0.258 e. The van der Waals surface area contributed by atoms with Gasteiger partial charge in [0, 0.05) is 6.07 Å². The van der Waals surface area contributed by atoms with Crippen LogP contribution < -0.4 is 0 Å². The molecule has 0 atom stereocenters. The van der Waals surface area contributed by atoms with E-state index in [-0.39, 0.29) is 5.41 Å². The van der Waals surface area contributed by atoms with E-state index >= 15 is 0 Å². The van der Waals surface area contributed by atoms with E-state index in [0.717, 1.165) is 25.7 Å². The first-order chi connectivity index (χ1) is 9.77. The average Bonchev–Trinajstić information content (AvgIpc) is 2.41. The molecule has 0 aromatic heterocycles. The SMILES string of the molecule is CC1(C)CCC(C#N)(Cc2ccc([N+](=O)[O-])c(F)c2)CC1. The Hall–Kier alpha value is -1.96. The highest BCUT2D eigenvalue weighted by Gasteiger charge is 2.38. The van der Waals surface area contributed by atoms with Gasteiger partial charge < -0.3 is 0 Å². The second-order valence-corrected chi connectivity index (χ2v) is 6.78. The molecule has 2 rings (SSSR count). The summed E-state index contributed by atoms with van der Waals surface area (Å²) in [7, 11) is 0. The van der Waals surface area contributed by atoms with Crippen molar-refractivity contribution in [2.24, 2.45) is 10.8 Å². The highest BCUT2D eigenvalue weighted by atomic mass is 19.1. The fraction of sp³-hybridized carbons (Fsp3) is 0.562. The Labute approximate surface area is 123 Å². The molecule has 0 spiro atoms. The molecule has 112 valence electrons. The van der Waals surface area contributed by atoms with Crippen molar-refractivity contribution in [1.82, 2.24) is 0 Å². The zero-order valence-corrected chi connectivity index (χ0v) is 12.4. The Morgan fingerprint density at radius 3 is 2.43 bits per heavy atom. The van der Waals surface area contributed by atoms with E-state index in [2.05, 4.69) is 19.9 Å². The van der Waals surface area contributed by atoms with Crippen molar-refractivity contribution in [2.75, 3.05) is 0 Å². The van der Waals surface area contributed by atoms with E-state index in [1.54, 1.807) is 6.07 Å².